The summed E-state index contributed by atoms with van der Waals surface area (Å²) in [6.45, 7) is 5.44. The molecule has 0 saturated carbocycles. The average Bonchev–Trinajstić information content (AvgIpc) is 2.65. The van der Waals surface area contributed by atoms with Crippen molar-refractivity contribution in [1.82, 2.24) is 4.57 Å². The van der Waals surface area contributed by atoms with Gasteiger partial charge < -0.3 is 9.67 Å². The van der Waals surface area contributed by atoms with Crippen molar-refractivity contribution in [2.24, 2.45) is 0 Å². The molecule has 100 valence electrons. The van der Waals surface area contributed by atoms with Crippen molar-refractivity contribution in [2.45, 2.75) is 26.8 Å². The van der Waals surface area contributed by atoms with E-state index in [2.05, 4.69) is 0 Å². The van der Waals surface area contributed by atoms with Gasteiger partial charge in [-0.3, -0.25) is 0 Å². The third-order valence-corrected chi connectivity index (χ3v) is 3.46. The van der Waals surface area contributed by atoms with Crippen LogP contribution in [0, 0.1) is 19.7 Å². The molecule has 0 radical (unpaired) electrons. The van der Waals surface area contributed by atoms with Crippen molar-refractivity contribution in [2.75, 3.05) is 0 Å². The first-order valence-corrected chi connectivity index (χ1v) is 6.09. The van der Waals surface area contributed by atoms with Gasteiger partial charge >= 0.3 is 5.97 Å². The Hall–Kier alpha value is -2.10. The largest absolute Gasteiger partial charge is 0.478 e. The lowest BCUT2D eigenvalue weighted by molar-refractivity contribution is 0.0696. The van der Waals surface area contributed by atoms with Gasteiger partial charge in [0.25, 0.3) is 0 Å². The van der Waals surface area contributed by atoms with Crippen molar-refractivity contribution in [3.8, 4) is 0 Å². The molecule has 1 atom stereocenters. The maximum absolute atomic E-state index is 13.8. The van der Waals surface area contributed by atoms with Gasteiger partial charge in [-0.15, -0.1) is 0 Å². The van der Waals surface area contributed by atoms with E-state index in [1.54, 1.807) is 31.2 Å². The quantitative estimate of drug-likeness (QED) is 0.918. The Morgan fingerprint density at radius 2 is 1.95 bits per heavy atom. The first-order chi connectivity index (χ1) is 8.93. The molecule has 0 amide bonds. The van der Waals surface area contributed by atoms with Crippen LogP contribution in [-0.4, -0.2) is 15.6 Å². The van der Waals surface area contributed by atoms with E-state index in [-0.39, 0.29) is 17.4 Å². The summed E-state index contributed by atoms with van der Waals surface area (Å²) in [5.74, 6) is -1.24. The summed E-state index contributed by atoms with van der Waals surface area (Å²) in [6, 6.07) is 7.94. The van der Waals surface area contributed by atoms with E-state index < -0.39 is 5.97 Å². The fourth-order valence-corrected chi connectivity index (χ4v) is 2.54. The molecule has 0 aliphatic heterocycles. The molecule has 0 saturated heterocycles. The fraction of sp³-hybridized carbons (Fsp3) is 0.267. The number of rotatable bonds is 3. The summed E-state index contributed by atoms with van der Waals surface area (Å²) in [6.07, 6.45) is 0. The Bertz CT molecular complexity index is 631. The van der Waals surface area contributed by atoms with Crippen LogP contribution in [0.2, 0.25) is 0 Å². The van der Waals surface area contributed by atoms with Crippen molar-refractivity contribution in [3.05, 3.63) is 58.7 Å². The smallest absolute Gasteiger partial charge is 0.337 e. The highest BCUT2D eigenvalue weighted by Crippen LogP contribution is 2.27. The fourth-order valence-electron chi connectivity index (χ4n) is 2.54. The summed E-state index contributed by atoms with van der Waals surface area (Å²) in [4.78, 5) is 11.1. The molecule has 1 unspecified atom stereocenters. The predicted molar refractivity (Wildman–Crippen MR) is 71.1 cm³/mol. The van der Waals surface area contributed by atoms with Gasteiger partial charge in [0.05, 0.1) is 11.6 Å². The van der Waals surface area contributed by atoms with E-state index in [4.69, 9.17) is 5.11 Å². The standard InChI is InChI=1S/C15H16FNO2/c1-9-8-13(15(18)19)11(3)17(9)10(2)12-6-4-5-7-14(12)16/h4-8,10H,1-3H3,(H,18,19). The van der Waals surface area contributed by atoms with Crippen molar-refractivity contribution in [3.63, 3.8) is 0 Å². The van der Waals surface area contributed by atoms with Crippen molar-refractivity contribution in [1.29, 1.82) is 0 Å². The molecule has 1 aromatic carbocycles. The van der Waals surface area contributed by atoms with Crippen LogP contribution in [0.4, 0.5) is 4.39 Å². The minimum atomic E-state index is -0.958. The van der Waals surface area contributed by atoms with Crippen LogP contribution in [0.25, 0.3) is 0 Å². The Labute approximate surface area is 111 Å². The molecule has 2 aromatic rings. The lowest BCUT2D eigenvalue weighted by atomic mass is 10.1. The van der Waals surface area contributed by atoms with Crippen LogP contribution in [0.3, 0.4) is 0 Å². The Kier molecular flexibility index (Phi) is 3.42. The number of aromatic nitrogens is 1. The second-order valence-corrected chi connectivity index (χ2v) is 4.66. The highest BCUT2D eigenvalue weighted by atomic mass is 19.1. The number of aryl methyl sites for hydroxylation is 1. The number of hydrogen-bond donors (Lipinski definition) is 1. The number of carboxylic acid groups (broad SMARTS) is 1. The molecule has 0 spiro atoms. The van der Waals surface area contributed by atoms with Crippen molar-refractivity contribution < 1.29 is 14.3 Å². The highest BCUT2D eigenvalue weighted by Gasteiger charge is 2.20. The first-order valence-electron chi connectivity index (χ1n) is 6.09. The van der Waals surface area contributed by atoms with E-state index in [0.29, 0.717) is 11.3 Å². The van der Waals surface area contributed by atoms with Gasteiger partial charge in [0.1, 0.15) is 5.82 Å². The molecule has 3 nitrogen and oxygen atoms in total. The topological polar surface area (TPSA) is 42.2 Å². The maximum Gasteiger partial charge on any atom is 0.337 e. The van der Waals surface area contributed by atoms with Gasteiger partial charge in [0.15, 0.2) is 0 Å². The Morgan fingerprint density at radius 3 is 2.47 bits per heavy atom. The molecule has 0 aliphatic rings. The molecular weight excluding hydrogens is 245 g/mol. The SMILES string of the molecule is Cc1cc(C(=O)O)c(C)n1C(C)c1ccccc1F. The number of halogens is 1. The van der Waals surface area contributed by atoms with Crippen LogP contribution in [0.1, 0.15) is 40.3 Å². The molecule has 0 aliphatic carbocycles. The molecule has 2 rings (SSSR count). The average molecular weight is 261 g/mol. The minimum absolute atomic E-state index is 0.241. The second kappa shape index (κ2) is 4.88. The van der Waals surface area contributed by atoms with Crippen LogP contribution in [0.15, 0.2) is 30.3 Å². The van der Waals surface area contributed by atoms with Crippen LogP contribution < -0.4 is 0 Å². The normalized spacial score (nSPS) is 12.4. The first kappa shape index (κ1) is 13.3. The Balaban J connectivity index is 2.54. The van der Waals surface area contributed by atoms with E-state index in [0.717, 1.165) is 5.69 Å². The second-order valence-electron chi connectivity index (χ2n) is 4.66. The summed E-state index contributed by atoms with van der Waals surface area (Å²) >= 11 is 0. The lowest BCUT2D eigenvalue weighted by Gasteiger charge is -2.19. The molecule has 4 heteroatoms. The zero-order valence-corrected chi connectivity index (χ0v) is 11.1. The zero-order valence-electron chi connectivity index (χ0n) is 11.1. The summed E-state index contributed by atoms with van der Waals surface area (Å²) in [5, 5.41) is 9.12. The summed E-state index contributed by atoms with van der Waals surface area (Å²) in [5.41, 5.74) is 2.27. The third kappa shape index (κ3) is 2.26. The van der Waals surface area contributed by atoms with Crippen LogP contribution in [-0.2, 0) is 0 Å². The number of benzene rings is 1. The monoisotopic (exact) mass is 261 g/mol. The van der Waals surface area contributed by atoms with Crippen LogP contribution in [0.5, 0.6) is 0 Å². The van der Waals surface area contributed by atoms with E-state index >= 15 is 0 Å². The van der Waals surface area contributed by atoms with Gasteiger partial charge in [0.2, 0.25) is 0 Å². The number of carboxylic acids is 1. The maximum atomic E-state index is 13.8. The number of aromatic carboxylic acids is 1. The molecule has 0 bridgehead atoms. The molecule has 0 fully saturated rings. The predicted octanol–water partition coefficient (Wildman–Crippen LogP) is 3.55. The third-order valence-electron chi connectivity index (χ3n) is 3.46. The number of hydrogen-bond acceptors (Lipinski definition) is 1. The number of carbonyl (C=O) groups is 1. The minimum Gasteiger partial charge on any atom is -0.478 e. The van der Waals surface area contributed by atoms with Gasteiger partial charge in [-0.05, 0) is 32.9 Å². The Morgan fingerprint density at radius 1 is 1.32 bits per heavy atom. The van der Waals surface area contributed by atoms with Gasteiger partial charge in [0, 0.05) is 17.0 Å². The highest BCUT2D eigenvalue weighted by molar-refractivity contribution is 5.89. The molecular formula is C15H16FNO2. The lowest BCUT2D eigenvalue weighted by Crippen LogP contribution is -2.12. The molecule has 1 aromatic heterocycles. The van der Waals surface area contributed by atoms with Gasteiger partial charge in [-0.2, -0.15) is 0 Å². The van der Waals surface area contributed by atoms with Crippen molar-refractivity contribution >= 4 is 5.97 Å². The van der Waals surface area contributed by atoms with E-state index in [1.165, 1.54) is 6.07 Å². The molecule has 1 N–H and O–H groups in total. The number of nitrogens with zero attached hydrogens (tertiary/aromatic N) is 1. The van der Waals surface area contributed by atoms with Gasteiger partial charge in [-0.25, -0.2) is 9.18 Å². The zero-order chi connectivity index (χ0) is 14.2. The molecule has 1 heterocycles. The van der Waals surface area contributed by atoms with E-state index in [1.807, 2.05) is 18.4 Å². The van der Waals surface area contributed by atoms with Gasteiger partial charge in [-0.1, -0.05) is 18.2 Å². The molecule has 19 heavy (non-hydrogen) atoms. The summed E-state index contributed by atoms with van der Waals surface area (Å²) in [7, 11) is 0. The summed E-state index contributed by atoms with van der Waals surface area (Å²) < 4.78 is 15.7. The van der Waals surface area contributed by atoms with Crippen LogP contribution >= 0.6 is 0 Å². The van der Waals surface area contributed by atoms with E-state index in [9.17, 15) is 9.18 Å².